The molecular weight excluding hydrogens is 172 g/mol. The molecule has 0 aliphatic heterocycles. The van der Waals surface area contributed by atoms with Gasteiger partial charge in [-0.3, -0.25) is 4.79 Å². The third-order valence-corrected chi connectivity index (χ3v) is 1.49. The summed E-state index contributed by atoms with van der Waals surface area (Å²) in [5.41, 5.74) is 0.433. The van der Waals surface area contributed by atoms with Gasteiger partial charge in [0.05, 0.1) is 14.2 Å². The number of amides is 1. The zero-order valence-electron chi connectivity index (χ0n) is 7.40. The molecule has 1 aromatic rings. The van der Waals surface area contributed by atoms with Crippen LogP contribution in [0.25, 0.3) is 0 Å². The third kappa shape index (κ3) is 1.87. The summed E-state index contributed by atoms with van der Waals surface area (Å²) in [6, 6.07) is 1.63. The molecule has 0 aliphatic carbocycles. The van der Waals surface area contributed by atoms with Gasteiger partial charge in [-0.05, 0) is 0 Å². The van der Waals surface area contributed by atoms with Crippen molar-refractivity contribution in [3.05, 3.63) is 12.3 Å². The molecule has 0 radical (unpaired) electrons. The SMILES string of the molecule is COc1ccnc(OC)c1NC=O. The first-order chi connectivity index (χ1) is 6.33. The fourth-order valence-electron chi connectivity index (χ4n) is 0.943. The second-order valence-electron chi connectivity index (χ2n) is 2.16. The van der Waals surface area contributed by atoms with Gasteiger partial charge in [-0.25, -0.2) is 4.98 Å². The van der Waals surface area contributed by atoms with Crippen molar-refractivity contribution in [2.24, 2.45) is 0 Å². The van der Waals surface area contributed by atoms with E-state index in [0.717, 1.165) is 0 Å². The summed E-state index contributed by atoms with van der Waals surface area (Å²) in [6.07, 6.45) is 2.08. The van der Waals surface area contributed by atoms with Crippen LogP contribution < -0.4 is 14.8 Å². The monoisotopic (exact) mass is 182 g/mol. The van der Waals surface area contributed by atoms with E-state index in [-0.39, 0.29) is 0 Å². The molecule has 0 aliphatic rings. The van der Waals surface area contributed by atoms with Crippen molar-refractivity contribution in [3.63, 3.8) is 0 Å². The number of hydrogen-bond acceptors (Lipinski definition) is 4. The second-order valence-corrected chi connectivity index (χ2v) is 2.16. The molecule has 0 saturated heterocycles. The molecule has 0 atom stereocenters. The van der Waals surface area contributed by atoms with E-state index in [1.165, 1.54) is 20.4 Å². The van der Waals surface area contributed by atoms with E-state index in [2.05, 4.69) is 10.3 Å². The molecule has 0 aromatic carbocycles. The highest BCUT2D eigenvalue weighted by molar-refractivity contribution is 5.78. The van der Waals surface area contributed by atoms with Gasteiger partial charge in [-0.15, -0.1) is 0 Å². The Morgan fingerprint density at radius 3 is 2.77 bits per heavy atom. The quantitative estimate of drug-likeness (QED) is 0.695. The average molecular weight is 182 g/mol. The minimum atomic E-state index is 0.325. The van der Waals surface area contributed by atoms with Gasteiger partial charge >= 0.3 is 0 Å². The van der Waals surface area contributed by atoms with Gasteiger partial charge in [0, 0.05) is 12.3 Å². The maximum atomic E-state index is 10.3. The van der Waals surface area contributed by atoms with Crippen molar-refractivity contribution in [2.75, 3.05) is 19.5 Å². The lowest BCUT2D eigenvalue weighted by atomic mass is 10.3. The van der Waals surface area contributed by atoms with Gasteiger partial charge in [0.15, 0.2) is 0 Å². The molecule has 1 rings (SSSR count). The molecule has 1 amide bonds. The van der Waals surface area contributed by atoms with Crippen LogP contribution in [0.15, 0.2) is 12.3 Å². The standard InChI is InChI=1S/C8H10N2O3/c1-12-6-3-4-9-8(13-2)7(6)10-5-11/h3-5H,1-2H3,(H,10,11). The van der Waals surface area contributed by atoms with E-state index in [4.69, 9.17) is 9.47 Å². The van der Waals surface area contributed by atoms with E-state index >= 15 is 0 Å². The molecule has 0 fully saturated rings. The van der Waals surface area contributed by atoms with Crippen LogP contribution in [0.5, 0.6) is 11.6 Å². The van der Waals surface area contributed by atoms with Crippen molar-refractivity contribution in [2.45, 2.75) is 0 Å². The second kappa shape index (κ2) is 4.30. The maximum absolute atomic E-state index is 10.3. The molecule has 0 saturated carbocycles. The van der Waals surface area contributed by atoms with Gasteiger partial charge in [0.2, 0.25) is 12.3 Å². The molecule has 5 nitrogen and oxygen atoms in total. The van der Waals surface area contributed by atoms with Gasteiger partial charge < -0.3 is 14.8 Å². The maximum Gasteiger partial charge on any atom is 0.241 e. The van der Waals surface area contributed by atoms with Gasteiger partial charge in [0.1, 0.15) is 11.4 Å². The molecule has 0 spiro atoms. The Kier molecular flexibility index (Phi) is 3.08. The number of methoxy groups -OCH3 is 2. The lowest BCUT2D eigenvalue weighted by Crippen LogP contribution is -2.01. The number of nitrogens with zero attached hydrogens (tertiary/aromatic N) is 1. The number of carbonyl (C=O) groups excluding carboxylic acids is 1. The lowest BCUT2D eigenvalue weighted by molar-refractivity contribution is -0.105. The van der Waals surface area contributed by atoms with Crippen LogP contribution in [0.3, 0.4) is 0 Å². The van der Waals surface area contributed by atoms with Gasteiger partial charge in [-0.1, -0.05) is 0 Å². The molecule has 13 heavy (non-hydrogen) atoms. The largest absolute Gasteiger partial charge is 0.494 e. The van der Waals surface area contributed by atoms with Crippen molar-refractivity contribution in [3.8, 4) is 11.6 Å². The number of carbonyl (C=O) groups is 1. The molecule has 0 unspecified atom stereocenters. The minimum absolute atomic E-state index is 0.325. The highest BCUT2D eigenvalue weighted by Crippen LogP contribution is 2.30. The summed E-state index contributed by atoms with van der Waals surface area (Å²) in [7, 11) is 2.97. The first kappa shape index (κ1) is 9.31. The predicted molar refractivity (Wildman–Crippen MR) is 47.0 cm³/mol. The number of anilines is 1. The fourth-order valence-corrected chi connectivity index (χ4v) is 0.943. The number of pyridine rings is 1. The normalized spacial score (nSPS) is 9.08. The van der Waals surface area contributed by atoms with Crippen molar-refractivity contribution in [1.82, 2.24) is 4.98 Å². The van der Waals surface area contributed by atoms with Crippen LogP contribution in [0.4, 0.5) is 5.69 Å². The average Bonchev–Trinajstić information content (AvgIpc) is 2.18. The van der Waals surface area contributed by atoms with Crippen molar-refractivity contribution in [1.29, 1.82) is 0 Å². The van der Waals surface area contributed by atoms with E-state index in [0.29, 0.717) is 23.7 Å². The topological polar surface area (TPSA) is 60.5 Å². The van der Waals surface area contributed by atoms with Crippen LogP contribution in [-0.4, -0.2) is 25.6 Å². The number of nitrogens with one attached hydrogen (secondary N) is 1. The highest BCUT2D eigenvalue weighted by atomic mass is 16.5. The van der Waals surface area contributed by atoms with E-state index < -0.39 is 0 Å². The van der Waals surface area contributed by atoms with Gasteiger partial charge in [-0.2, -0.15) is 0 Å². The van der Waals surface area contributed by atoms with E-state index in [1.807, 2.05) is 0 Å². The first-order valence-corrected chi connectivity index (χ1v) is 3.60. The summed E-state index contributed by atoms with van der Waals surface area (Å²) in [4.78, 5) is 14.2. The van der Waals surface area contributed by atoms with Crippen molar-refractivity contribution < 1.29 is 14.3 Å². The summed E-state index contributed by atoms with van der Waals surface area (Å²) in [5.74, 6) is 0.838. The highest BCUT2D eigenvalue weighted by Gasteiger charge is 2.09. The third-order valence-electron chi connectivity index (χ3n) is 1.49. The zero-order valence-corrected chi connectivity index (χ0v) is 7.40. The van der Waals surface area contributed by atoms with Crippen LogP contribution in [0.1, 0.15) is 0 Å². The van der Waals surface area contributed by atoms with Crippen LogP contribution in [0.2, 0.25) is 0 Å². The Morgan fingerprint density at radius 1 is 1.46 bits per heavy atom. The number of aromatic nitrogens is 1. The van der Waals surface area contributed by atoms with Gasteiger partial charge in [0.25, 0.3) is 0 Å². The smallest absolute Gasteiger partial charge is 0.241 e. The van der Waals surface area contributed by atoms with E-state index in [9.17, 15) is 4.79 Å². The predicted octanol–water partition coefficient (Wildman–Crippen LogP) is 0.667. The lowest BCUT2D eigenvalue weighted by Gasteiger charge is -2.09. The molecule has 70 valence electrons. The number of ether oxygens (including phenoxy) is 2. The molecular formula is C8H10N2O3. The molecule has 1 heterocycles. The Labute approximate surface area is 75.7 Å². The summed E-state index contributed by atoms with van der Waals surface area (Å²) < 4.78 is 9.93. The fraction of sp³-hybridized carbons (Fsp3) is 0.250. The van der Waals surface area contributed by atoms with Crippen molar-refractivity contribution >= 4 is 12.1 Å². The zero-order chi connectivity index (χ0) is 9.68. The van der Waals surface area contributed by atoms with Crippen LogP contribution in [-0.2, 0) is 4.79 Å². The first-order valence-electron chi connectivity index (χ1n) is 3.60. The van der Waals surface area contributed by atoms with Crippen LogP contribution in [0, 0.1) is 0 Å². The number of rotatable bonds is 4. The summed E-state index contributed by atoms with van der Waals surface area (Å²) >= 11 is 0. The Morgan fingerprint density at radius 2 is 2.23 bits per heavy atom. The van der Waals surface area contributed by atoms with E-state index in [1.54, 1.807) is 6.07 Å². The Balaban J connectivity index is 3.12. The summed E-state index contributed by atoms with van der Waals surface area (Å²) in [6.45, 7) is 0. The summed E-state index contributed by atoms with van der Waals surface area (Å²) in [5, 5.41) is 2.45. The Hall–Kier alpha value is -1.78. The van der Waals surface area contributed by atoms with Crippen LogP contribution >= 0.6 is 0 Å². The molecule has 5 heteroatoms. The molecule has 1 N–H and O–H groups in total. The minimum Gasteiger partial charge on any atom is -0.494 e. The Bertz CT molecular complexity index is 279. The number of hydrogen-bond donors (Lipinski definition) is 1. The molecule has 0 bridgehead atoms. The molecule has 1 aromatic heterocycles.